The Kier molecular flexibility index (Phi) is 36.4. The summed E-state index contributed by atoms with van der Waals surface area (Å²) in [5, 5.41) is 0. The maximum Gasteiger partial charge on any atom is 0.410 e. The van der Waals surface area contributed by atoms with Crippen LogP contribution in [-0.2, 0) is 23.8 Å². The summed E-state index contributed by atoms with van der Waals surface area (Å²) < 4.78 is 17.1. The van der Waals surface area contributed by atoms with Crippen molar-refractivity contribution in [2.75, 3.05) is 60.6 Å². The molecule has 312 valence electrons. The number of ether oxygens (including phenoxy) is 3. The Bertz CT molecular complexity index is 949. The molecule has 8 nitrogen and oxygen atoms in total. The lowest BCUT2D eigenvalue weighted by Crippen LogP contribution is -2.41. The molecule has 54 heavy (non-hydrogen) atoms. The van der Waals surface area contributed by atoms with E-state index in [2.05, 4.69) is 62.5 Å². The van der Waals surface area contributed by atoms with Crippen LogP contribution in [-0.4, -0.2) is 88.0 Å². The molecule has 0 aromatic rings. The predicted molar refractivity (Wildman–Crippen MR) is 226 cm³/mol. The monoisotopic (exact) mass is 760 g/mol. The van der Waals surface area contributed by atoms with E-state index >= 15 is 0 Å². The highest BCUT2D eigenvalue weighted by molar-refractivity contribution is 5.70. The van der Waals surface area contributed by atoms with Crippen LogP contribution in [0.1, 0.15) is 168 Å². The largest absolute Gasteiger partial charge is 0.464 e. The summed E-state index contributed by atoms with van der Waals surface area (Å²) in [4.78, 5) is 39.0. The molecule has 0 atom stereocenters. The Balaban J connectivity index is 4.18. The van der Waals surface area contributed by atoms with Gasteiger partial charge in [0, 0.05) is 12.8 Å². The SMILES string of the molecule is CCCCCC=CCC=CCCCCCCCC(=O)OCCN(CCOC(=O)CCCCCCCC=CCC=CCCCCC)C(=O)OCC[N+](C)(C)C. The van der Waals surface area contributed by atoms with Gasteiger partial charge in [0.1, 0.15) is 26.4 Å². The molecule has 0 aliphatic carbocycles. The summed E-state index contributed by atoms with van der Waals surface area (Å²) >= 11 is 0. The van der Waals surface area contributed by atoms with Crippen LogP contribution in [0.25, 0.3) is 0 Å². The Hall–Kier alpha value is -2.87. The maximum absolute atomic E-state index is 12.8. The minimum atomic E-state index is -0.488. The minimum absolute atomic E-state index is 0.0867. The number of likely N-dealkylation sites (N-methyl/N-ethyl adjacent to an activating group) is 1. The molecule has 0 spiro atoms. The van der Waals surface area contributed by atoms with Gasteiger partial charge in [-0.3, -0.25) is 9.59 Å². The highest BCUT2D eigenvalue weighted by Gasteiger charge is 2.18. The fourth-order valence-electron chi connectivity index (χ4n) is 5.64. The lowest BCUT2D eigenvalue weighted by molar-refractivity contribution is -0.870. The molecule has 0 aromatic heterocycles. The molecule has 1 amide bonds. The van der Waals surface area contributed by atoms with Gasteiger partial charge in [-0.2, -0.15) is 0 Å². The first kappa shape index (κ1) is 51.1. The first-order chi connectivity index (χ1) is 26.2. The fourth-order valence-corrected chi connectivity index (χ4v) is 5.64. The molecule has 0 unspecified atom stereocenters. The molecule has 0 fully saturated rings. The van der Waals surface area contributed by atoms with E-state index in [1.54, 1.807) is 0 Å². The van der Waals surface area contributed by atoms with E-state index in [0.717, 1.165) is 77.0 Å². The van der Waals surface area contributed by atoms with Crippen molar-refractivity contribution < 1.29 is 33.1 Å². The van der Waals surface area contributed by atoms with Crippen LogP contribution in [0.3, 0.4) is 0 Å². The van der Waals surface area contributed by atoms with Gasteiger partial charge in [-0.25, -0.2) is 4.79 Å². The van der Waals surface area contributed by atoms with Crippen molar-refractivity contribution in [3.05, 3.63) is 48.6 Å². The number of hydrogen-bond acceptors (Lipinski definition) is 6. The number of quaternary nitrogens is 1. The minimum Gasteiger partial charge on any atom is -0.464 e. The molecule has 0 rings (SSSR count). The summed E-state index contributed by atoms with van der Waals surface area (Å²) in [5.74, 6) is -0.495. The third-order valence-corrected chi connectivity index (χ3v) is 9.16. The van der Waals surface area contributed by atoms with Crippen LogP contribution >= 0.6 is 0 Å². The van der Waals surface area contributed by atoms with Crippen molar-refractivity contribution in [1.82, 2.24) is 4.90 Å². The number of amides is 1. The van der Waals surface area contributed by atoms with Gasteiger partial charge in [0.25, 0.3) is 0 Å². The van der Waals surface area contributed by atoms with Crippen LogP contribution in [0, 0.1) is 0 Å². The van der Waals surface area contributed by atoms with Gasteiger partial charge < -0.3 is 23.6 Å². The molecule has 8 heteroatoms. The molecule has 0 aliphatic rings. The van der Waals surface area contributed by atoms with Crippen LogP contribution in [0.4, 0.5) is 4.79 Å². The van der Waals surface area contributed by atoms with E-state index in [0.29, 0.717) is 23.9 Å². The number of rotatable bonds is 37. The van der Waals surface area contributed by atoms with E-state index in [1.165, 1.54) is 69.1 Å². The molecule has 0 bridgehead atoms. The maximum atomic E-state index is 12.8. The fraction of sp³-hybridized carbons (Fsp3) is 0.761. The van der Waals surface area contributed by atoms with Crippen molar-refractivity contribution in [2.45, 2.75) is 168 Å². The van der Waals surface area contributed by atoms with Gasteiger partial charge in [0.2, 0.25) is 0 Å². The number of nitrogens with zero attached hydrogens (tertiary/aromatic N) is 2. The molecule has 0 radical (unpaired) electrons. The average molecular weight is 760 g/mol. The standard InChI is InChI=1S/C46H83N2O6/c1-6-8-10-12-14-16-18-20-22-24-26-28-30-32-34-36-44(49)52-41-38-47(46(51)54-43-40-48(3,4)5)39-42-53-45(50)37-35-33-31-29-27-25-23-21-19-17-15-13-11-9-7-2/h14-17,20-23H,6-13,18-19,24-43H2,1-5H3/q+1. The summed E-state index contributed by atoms with van der Waals surface area (Å²) in [5.41, 5.74) is 0. The topological polar surface area (TPSA) is 82.1 Å². The van der Waals surface area contributed by atoms with Gasteiger partial charge in [0.05, 0.1) is 34.2 Å². The number of hydrogen-bond donors (Lipinski definition) is 0. The molecular formula is C46H83N2O6+. The average Bonchev–Trinajstić information content (AvgIpc) is 3.13. The Morgan fingerprint density at radius 2 is 0.833 bits per heavy atom. The molecule has 0 saturated heterocycles. The van der Waals surface area contributed by atoms with E-state index < -0.39 is 6.09 Å². The van der Waals surface area contributed by atoms with Gasteiger partial charge in [-0.05, 0) is 77.0 Å². The molecular weight excluding hydrogens is 677 g/mol. The third-order valence-electron chi connectivity index (χ3n) is 9.16. The Morgan fingerprint density at radius 1 is 0.463 bits per heavy atom. The quantitative estimate of drug-likeness (QED) is 0.0206. The smallest absolute Gasteiger partial charge is 0.410 e. The van der Waals surface area contributed by atoms with E-state index in [-0.39, 0.29) is 44.8 Å². The lowest BCUT2D eigenvalue weighted by Gasteiger charge is -2.25. The summed E-state index contributed by atoms with van der Waals surface area (Å²) in [6.45, 7) is 5.98. The third kappa shape index (κ3) is 38.8. The van der Waals surface area contributed by atoms with Gasteiger partial charge >= 0.3 is 18.0 Å². The Labute approximate surface area is 332 Å². The van der Waals surface area contributed by atoms with Crippen LogP contribution in [0.15, 0.2) is 48.6 Å². The van der Waals surface area contributed by atoms with Crippen molar-refractivity contribution >= 4 is 18.0 Å². The second kappa shape index (κ2) is 38.4. The number of esters is 2. The van der Waals surface area contributed by atoms with Crippen molar-refractivity contribution in [1.29, 1.82) is 0 Å². The zero-order chi connectivity index (χ0) is 39.8. The summed E-state index contributed by atoms with van der Waals surface area (Å²) in [6, 6.07) is 0. The van der Waals surface area contributed by atoms with Crippen molar-refractivity contribution in [3.63, 3.8) is 0 Å². The zero-order valence-corrected chi connectivity index (χ0v) is 35.7. The second-order valence-corrected chi connectivity index (χ2v) is 15.5. The number of carbonyl (C=O) groups is 3. The summed E-state index contributed by atoms with van der Waals surface area (Å²) in [6.07, 6.45) is 43.4. The van der Waals surface area contributed by atoms with Crippen LogP contribution in [0.5, 0.6) is 0 Å². The molecule has 0 N–H and O–H groups in total. The first-order valence-corrected chi connectivity index (χ1v) is 21.8. The van der Waals surface area contributed by atoms with Gasteiger partial charge in [-0.1, -0.05) is 127 Å². The van der Waals surface area contributed by atoms with Crippen LogP contribution < -0.4 is 0 Å². The van der Waals surface area contributed by atoms with Gasteiger partial charge in [0.15, 0.2) is 0 Å². The van der Waals surface area contributed by atoms with Crippen molar-refractivity contribution in [2.24, 2.45) is 0 Å². The number of unbranched alkanes of at least 4 members (excludes halogenated alkanes) is 16. The lowest BCUT2D eigenvalue weighted by atomic mass is 10.1. The second-order valence-electron chi connectivity index (χ2n) is 15.5. The normalized spacial score (nSPS) is 12.1. The number of carbonyl (C=O) groups excluding carboxylic acids is 3. The first-order valence-electron chi connectivity index (χ1n) is 21.8. The molecule has 0 heterocycles. The molecule has 0 aromatic carbocycles. The molecule has 0 aliphatic heterocycles. The highest BCUT2D eigenvalue weighted by Crippen LogP contribution is 2.11. The number of allylic oxidation sites excluding steroid dienone is 8. The summed E-state index contributed by atoms with van der Waals surface area (Å²) in [7, 11) is 6.10. The predicted octanol–water partition coefficient (Wildman–Crippen LogP) is 11.8. The zero-order valence-electron chi connectivity index (χ0n) is 35.7. The Morgan fingerprint density at radius 3 is 1.22 bits per heavy atom. The van der Waals surface area contributed by atoms with Crippen LogP contribution in [0.2, 0.25) is 0 Å². The van der Waals surface area contributed by atoms with E-state index in [4.69, 9.17) is 14.2 Å². The van der Waals surface area contributed by atoms with E-state index in [1.807, 2.05) is 21.1 Å². The van der Waals surface area contributed by atoms with Crippen molar-refractivity contribution in [3.8, 4) is 0 Å². The van der Waals surface area contributed by atoms with Gasteiger partial charge in [-0.15, -0.1) is 0 Å². The molecule has 0 saturated carbocycles. The van der Waals surface area contributed by atoms with E-state index in [9.17, 15) is 14.4 Å². The highest BCUT2D eigenvalue weighted by atomic mass is 16.6.